The maximum Gasteiger partial charge on any atom is 0.255 e. The number of hydrogen-bond acceptors (Lipinski definition) is 8. The fourth-order valence-corrected chi connectivity index (χ4v) is 4.89. The van der Waals surface area contributed by atoms with Crippen LogP contribution in [0, 0.1) is 6.92 Å². The van der Waals surface area contributed by atoms with E-state index in [2.05, 4.69) is 20.7 Å². The minimum atomic E-state index is -0.617. The van der Waals surface area contributed by atoms with E-state index >= 15 is 0 Å². The first-order valence-electron chi connectivity index (χ1n) is 12.8. The number of carbonyl (C=O) groups excluding carboxylic acids is 1. The highest BCUT2D eigenvalue weighted by Crippen LogP contribution is 2.40. The Hall–Kier alpha value is -4.70. The van der Waals surface area contributed by atoms with Crippen LogP contribution in [0.2, 0.25) is 5.02 Å². The Kier molecular flexibility index (Phi) is 8.02. The van der Waals surface area contributed by atoms with Crippen molar-refractivity contribution in [3.63, 3.8) is 0 Å². The van der Waals surface area contributed by atoms with Gasteiger partial charge in [0.1, 0.15) is 30.5 Å². The van der Waals surface area contributed by atoms with Crippen molar-refractivity contribution < 1.29 is 23.7 Å². The first kappa shape index (κ1) is 27.9. The van der Waals surface area contributed by atoms with Gasteiger partial charge in [-0.25, -0.2) is 4.68 Å². The number of carbonyl (C=O) groups is 1. The van der Waals surface area contributed by atoms with Gasteiger partial charge in [0, 0.05) is 17.8 Å². The molecular formula is C30H30ClN5O5. The highest BCUT2D eigenvalue weighted by Gasteiger charge is 2.34. The quantitative estimate of drug-likeness (QED) is 0.259. The fourth-order valence-electron chi connectivity index (χ4n) is 4.66. The number of rotatable bonds is 9. The number of aryl methyl sites for hydroxylation is 1. The van der Waals surface area contributed by atoms with Crippen molar-refractivity contribution in [1.29, 1.82) is 0 Å². The number of fused-ring (bicyclic) bond motifs is 1. The van der Waals surface area contributed by atoms with Crippen molar-refractivity contribution in [1.82, 2.24) is 14.8 Å². The first-order valence-corrected chi connectivity index (χ1v) is 13.2. The summed E-state index contributed by atoms with van der Waals surface area (Å²) >= 11 is 6.26. The number of methoxy groups -OCH3 is 3. The lowest BCUT2D eigenvalue weighted by molar-refractivity contribution is -0.113. The van der Waals surface area contributed by atoms with Crippen LogP contribution in [-0.2, 0) is 11.4 Å². The normalized spacial score (nSPS) is 14.1. The van der Waals surface area contributed by atoms with Gasteiger partial charge in [0.15, 0.2) is 11.5 Å². The molecule has 0 saturated heterocycles. The van der Waals surface area contributed by atoms with Crippen molar-refractivity contribution in [2.75, 3.05) is 32.0 Å². The lowest BCUT2D eigenvalue weighted by atomic mass is 9.94. The molecule has 0 radical (unpaired) electrons. The number of aromatic nitrogens is 3. The number of allylic oxidation sites excluding steroid dienone is 1. The molecule has 0 bridgehead atoms. The smallest absolute Gasteiger partial charge is 0.255 e. The predicted molar refractivity (Wildman–Crippen MR) is 156 cm³/mol. The number of nitrogens with zero attached hydrogens (tertiary/aromatic N) is 3. The van der Waals surface area contributed by atoms with E-state index in [9.17, 15) is 4.79 Å². The summed E-state index contributed by atoms with van der Waals surface area (Å²) in [7, 11) is 4.58. The number of amides is 1. The minimum Gasteiger partial charge on any atom is -0.495 e. The van der Waals surface area contributed by atoms with Gasteiger partial charge in [0.25, 0.3) is 5.91 Å². The van der Waals surface area contributed by atoms with E-state index < -0.39 is 6.04 Å². The third-order valence-corrected chi connectivity index (χ3v) is 7.07. The summed E-state index contributed by atoms with van der Waals surface area (Å²) in [5.41, 5.74) is 4.42. The van der Waals surface area contributed by atoms with Gasteiger partial charge in [-0.2, -0.15) is 10.1 Å². The lowest BCUT2D eigenvalue weighted by Crippen LogP contribution is -2.31. The van der Waals surface area contributed by atoms with Crippen LogP contribution in [0.25, 0.3) is 0 Å². The van der Waals surface area contributed by atoms with E-state index in [-0.39, 0.29) is 5.91 Å². The third-order valence-electron chi connectivity index (χ3n) is 6.78. The maximum absolute atomic E-state index is 13.9. The molecule has 1 amide bonds. The van der Waals surface area contributed by atoms with Crippen LogP contribution in [0.15, 0.2) is 72.2 Å². The summed E-state index contributed by atoms with van der Waals surface area (Å²) in [5.74, 6) is 2.03. The molecule has 1 atom stereocenters. The molecule has 2 heterocycles. The molecule has 0 fully saturated rings. The Morgan fingerprint density at radius 3 is 2.39 bits per heavy atom. The van der Waals surface area contributed by atoms with Gasteiger partial charge < -0.3 is 29.6 Å². The zero-order valence-electron chi connectivity index (χ0n) is 23.3. The molecule has 3 aromatic carbocycles. The summed E-state index contributed by atoms with van der Waals surface area (Å²) in [6, 6.07) is 16.3. The van der Waals surface area contributed by atoms with Crippen molar-refractivity contribution in [3.05, 3.63) is 93.9 Å². The van der Waals surface area contributed by atoms with E-state index in [1.54, 1.807) is 23.9 Å². The molecule has 0 aliphatic carbocycles. The summed E-state index contributed by atoms with van der Waals surface area (Å²) in [5, 5.41) is 10.9. The first-order chi connectivity index (χ1) is 19.8. The van der Waals surface area contributed by atoms with Crippen LogP contribution in [0.5, 0.6) is 23.0 Å². The molecule has 1 aliphatic rings. The summed E-state index contributed by atoms with van der Waals surface area (Å²) in [6.45, 7) is 4.24. The molecule has 1 unspecified atom stereocenters. The third kappa shape index (κ3) is 5.64. The number of benzene rings is 3. The second kappa shape index (κ2) is 11.8. The van der Waals surface area contributed by atoms with Gasteiger partial charge >= 0.3 is 0 Å². The Labute approximate surface area is 242 Å². The van der Waals surface area contributed by atoms with Gasteiger partial charge in [-0.15, -0.1) is 0 Å². The molecule has 11 heteroatoms. The van der Waals surface area contributed by atoms with Crippen molar-refractivity contribution >= 4 is 29.1 Å². The predicted octanol–water partition coefficient (Wildman–Crippen LogP) is 5.77. The molecule has 5 rings (SSSR count). The van der Waals surface area contributed by atoms with Gasteiger partial charge in [0.2, 0.25) is 5.95 Å². The van der Waals surface area contributed by atoms with Crippen LogP contribution in [0.1, 0.15) is 29.7 Å². The van der Waals surface area contributed by atoms with E-state index in [4.69, 9.17) is 30.5 Å². The molecule has 212 valence electrons. The molecule has 10 nitrogen and oxygen atoms in total. The lowest BCUT2D eigenvalue weighted by Gasteiger charge is -2.29. The Bertz CT molecular complexity index is 1620. The maximum atomic E-state index is 13.9. The SMILES string of the molecule is COc1cc(NC(=O)C2=C(C)Nc3ncnn3C2c2ccc(OCc3ccc(C)cc3)c(OC)c2)c(OC)cc1Cl. The zero-order valence-corrected chi connectivity index (χ0v) is 24.1. The number of nitrogens with one attached hydrogen (secondary N) is 2. The molecule has 4 aromatic rings. The molecule has 1 aliphatic heterocycles. The van der Waals surface area contributed by atoms with Crippen molar-refractivity contribution in [2.45, 2.75) is 26.5 Å². The highest BCUT2D eigenvalue weighted by molar-refractivity contribution is 6.32. The van der Waals surface area contributed by atoms with Crippen molar-refractivity contribution in [3.8, 4) is 23.0 Å². The second-order valence-corrected chi connectivity index (χ2v) is 9.83. The number of halogens is 1. The molecule has 0 saturated carbocycles. The number of anilines is 2. The van der Waals surface area contributed by atoms with Crippen LogP contribution in [-0.4, -0.2) is 42.0 Å². The average Bonchev–Trinajstić information content (AvgIpc) is 3.44. The van der Waals surface area contributed by atoms with Crippen LogP contribution >= 0.6 is 11.6 Å². The molecule has 41 heavy (non-hydrogen) atoms. The molecule has 2 N–H and O–H groups in total. The fraction of sp³-hybridized carbons (Fsp3) is 0.233. The molecule has 1 aromatic heterocycles. The van der Waals surface area contributed by atoms with E-state index in [0.717, 1.165) is 11.1 Å². The van der Waals surface area contributed by atoms with E-state index in [1.165, 1.54) is 26.1 Å². The number of hydrogen-bond donors (Lipinski definition) is 2. The monoisotopic (exact) mass is 575 g/mol. The average molecular weight is 576 g/mol. The largest absolute Gasteiger partial charge is 0.495 e. The van der Waals surface area contributed by atoms with E-state index in [1.807, 2.05) is 56.3 Å². The van der Waals surface area contributed by atoms with Crippen LogP contribution < -0.4 is 29.6 Å². The van der Waals surface area contributed by atoms with Crippen molar-refractivity contribution in [2.24, 2.45) is 0 Å². The summed E-state index contributed by atoms with van der Waals surface area (Å²) in [4.78, 5) is 18.2. The zero-order chi connectivity index (χ0) is 29.1. The highest BCUT2D eigenvalue weighted by atomic mass is 35.5. The summed E-state index contributed by atoms with van der Waals surface area (Å²) in [6.07, 6.45) is 1.44. The van der Waals surface area contributed by atoms with Crippen LogP contribution in [0.4, 0.5) is 11.6 Å². The Balaban J connectivity index is 1.49. The molecule has 0 spiro atoms. The van der Waals surface area contributed by atoms with Gasteiger partial charge in [-0.3, -0.25) is 4.79 Å². The van der Waals surface area contributed by atoms with Gasteiger partial charge in [0.05, 0.1) is 37.6 Å². The minimum absolute atomic E-state index is 0.360. The standard InChI is InChI=1S/C30H30ClN5O5/c1-17-6-8-19(9-7-17)15-41-23-11-10-20(12-26(23)40-5)28-27(18(2)34-30-32-16-33-36(28)30)29(37)35-22-14-24(38-3)21(31)13-25(22)39-4/h6-14,16,28H,15H2,1-5H3,(H,35,37)(H,32,33,34). The van der Waals surface area contributed by atoms with Gasteiger partial charge in [-0.1, -0.05) is 47.5 Å². The Morgan fingerprint density at radius 2 is 1.68 bits per heavy atom. The van der Waals surface area contributed by atoms with E-state index in [0.29, 0.717) is 57.5 Å². The number of ether oxygens (including phenoxy) is 4. The van der Waals surface area contributed by atoms with Crippen LogP contribution in [0.3, 0.4) is 0 Å². The van der Waals surface area contributed by atoms with Gasteiger partial charge in [-0.05, 0) is 37.1 Å². The summed E-state index contributed by atoms with van der Waals surface area (Å²) < 4.78 is 24.2. The second-order valence-electron chi connectivity index (χ2n) is 9.42. The Morgan fingerprint density at radius 1 is 0.951 bits per heavy atom. The molecular weight excluding hydrogens is 546 g/mol. The topological polar surface area (TPSA) is 109 Å².